The molecule has 0 aromatic heterocycles. The third-order valence-electron chi connectivity index (χ3n) is 8.96. The van der Waals surface area contributed by atoms with E-state index in [0.29, 0.717) is 12.0 Å². The van der Waals surface area contributed by atoms with Gasteiger partial charge in [0.1, 0.15) is 0 Å². The summed E-state index contributed by atoms with van der Waals surface area (Å²) in [5, 5.41) is 4.75. The van der Waals surface area contributed by atoms with Gasteiger partial charge in [0.05, 0.1) is 0 Å². The van der Waals surface area contributed by atoms with E-state index in [1.165, 1.54) is 74.0 Å². The molecular weight excluding hydrogens is 484 g/mol. The van der Waals surface area contributed by atoms with Crippen molar-refractivity contribution < 1.29 is 0 Å². The van der Waals surface area contributed by atoms with Gasteiger partial charge in [-0.05, 0) is 118 Å². The molecule has 4 aliphatic rings. The highest BCUT2D eigenvalue weighted by Crippen LogP contribution is 2.54. The lowest BCUT2D eigenvalue weighted by atomic mass is 9.78. The number of hydrogen-bond donors (Lipinski definition) is 3. The molecule has 5 unspecified atom stereocenters. The van der Waals surface area contributed by atoms with Crippen LogP contribution in [0.25, 0.3) is 0 Å². The number of rotatable bonds is 9. The zero-order chi connectivity index (χ0) is 26.3. The molecule has 2 aliphatic carbocycles. The van der Waals surface area contributed by atoms with Gasteiger partial charge in [-0.2, -0.15) is 0 Å². The molecule has 0 spiro atoms. The minimum atomic E-state index is 0.0983. The van der Waals surface area contributed by atoms with Gasteiger partial charge in [0.2, 0.25) is 0 Å². The lowest BCUT2D eigenvalue weighted by Crippen LogP contribution is -2.35. The SMILES string of the molecule is CC(/C=C\C(N)CCC/C=C\N)N1CCCCCc2c(NC3=CC4C(CC3)SC3=CCCCC34)cccc21. The summed E-state index contributed by atoms with van der Waals surface area (Å²) in [4.78, 5) is 4.30. The zero-order valence-corrected chi connectivity index (χ0v) is 24.1. The van der Waals surface area contributed by atoms with Gasteiger partial charge in [-0.25, -0.2) is 0 Å². The van der Waals surface area contributed by atoms with Gasteiger partial charge in [0.25, 0.3) is 0 Å². The van der Waals surface area contributed by atoms with Crippen LogP contribution >= 0.6 is 11.8 Å². The van der Waals surface area contributed by atoms with Crippen LogP contribution in [0.1, 0.15) is 83.1 Å². The summed E-state index contributed by atoms with van der Waals surface area (Å²) in [6, 6.07) is 7.32. The molecule has 4 nitrogen and oxygen atoms in total. The highest BCUT2D eigenvalue weighted by molar-refractivity contribution is 8.04. The van der Waals surface area contributed by atoms with E-state index >= 15 is 0 Å². The molecule has 5 heteroatoms. The average molecular weight is 533 g/mol. The summed E-state index contributed by atoms with van der Waals surface area (Å²) in [5.41, 5.74) is 17.5. The van der Waals surface area contributed by atoms with Crippen molar-refractivity contribution in [3.05, 3.63) is 70.9 Å². The normalized spacial score (nSPS) is 27.1. The highest BCUT2D eigenvalue weighted by Gasteiger charge is 2.41. The largest absolute Gasteiger partial charge is 0.405 e. The van der Waals surface area contributed by atoms with Crippen molar-refractivity contribution in [3.63, 3.8) is 0 Å². The van der Waals surface area contributed by atoms with Crippen molar-refractivity contribution in [1.29, 1.82) is 0 Å². The molecule has 0 amide bonds. The summed E-state index contributed by atoms with van der Waals surface area (Å²) in [6.45, 7) is 3.42. The Balaban J connectivity index is 1.31. The monoisotopic (exact) mass is 532 g/mol. The number of allylic oxidation sites excluding steroid dienone is 5. The molecule has 0 saturated carbocycles. The smallest absolute Gasteiger partial charge is 0.0445 e. The minimum Gasteiger partial charge on any atom is -0.405 e. The number of thioether (sulfide) groups is 1. The molecule has 5 N–H and O–H groups in total. The number of nitrogens with two attached hydrogens (primary N) is 2. The first-order valence-electron chi connectivity index (χ1n) is 15.2. The maximum Gasteiger partial charge on any atom is 0.0445 e. The van der Waals surface area contributed by atoms with Gasteiger partial charge >= 0.3 is 0 Å². The fraction of sp³-hybridized carbons (Fsp3) is 0.576. The molecule has 0 bridgehead atoms. The standard InChI is InChI=1S/C33H48N4S/c1-24(17-18-25(35)11-4-2-8-21-34)37-22-9-3-5-13-28-30(14-10-15-31(28)37)36-26-19-20-33-29(23-26)27-12-6-7-16-32(27)38-33/h8,10,14-18,21,23-25,27,29,33,36H,2-7,9,11-13,19-20,22,34-35H2,1H3/b18-17-,21-8-. The van der Waals surface area contributed by atoms with Crippen molar-refractivity contribution in [2.24, 2.45) is 23.3 Å². The fourth-order valence-corrected chi connectivity index (χ4v) is 8.54. The number of hydrogen-bond acceptors (Lipinski definition) is 5. The topological polar surface area (TPSA) is 67.3 Å². The minimum absolute atomic E-state index is 0.0983. The molecule has 5 atom stereocenters. The van der Waals surface area contributed by atoms with E-state index in [0.717, 1.165) is 43.4 Å². The number of anilines is 2. The molecule has 1 aromatic carbocycles. The van der Waals surface area contributed by atoms with E-state index in [-0.39, 0.29) is 6.04 Å². The first-order chi connectivity index (χ1) is 18.6. The molecule has 2 heterocycles. The summed E-state index contributed by atoms with van der Waals surface area (Å²) < 4.78 is 0. The van der Waals surface area contributed by atoms with Gasteiger partial charge in [-0.1, -0.05) is 42.9 Å². The molecular formula is C33H48N4S. The average Bonchev–Trinajstić information content (AvgIpc) is 3.29. The lowest BCUT2D eigenvalue weighted by Gasteiger charge is -2.35. The second-order valence-corrected chi connectivity index (χ2v) is 13.0. The van der Waals surface area contributed by atoms with E-state index in [1.54, 1.807) is 11.1 Å². The summed E-state index contributed by atoms with van der Waals surface area (Å²) in [6.07, 6.45) is 27.8. The predicted molar refractivity (Wildman–Crippen MR) is 166 cm³/mol. The van der Waals surface area contributed by atoms with E-state index < -0.39 is 0 Å². The van der Waals surface area contributed by atoms with Crippen LogP contribution in [0.4, 0.5) is 11.4 Å². The van der Waals surface area contributed by atoms with Gasteiger partial charge in [-0.3, -0.25) is 0 Å². The van der Waals surface area contributed by atoms with Crippen LogP contribution in [-0.4, -0.2) is 23.9 Å². The van der Waals surface area contributed by atoms with Crippen LogP contribution in [0, 0.1) is 11.8 Å². The van der Waals surface area contributed by atoms with Gasteiger partial charge < -0.3 is 21.7 Å². The molecule has 1 saturated heterocycles. The molecule has 2 aliphatic heterocycles. The Morgan fingerprint density at radius 3 is 2.95 bits per heavy atom. The molecule has 38 heavy (non-hydrogen) atoms. The number of nitrogens with zero attached hydrogens (tertiary/aromatic N) is 1. The van der Waals surface area contributed by atoms with Crippen LogP contribution < -0.4 is 21.7 Å². The Kier molecular flexibility index (Phi) is 9.61. The quantitative estimate of drug-likeness (QED) is 0.225. The van der Waals surface area contributed by atoms with E-state index in [4.69, 9.17) is 11.5 Å². The molecule has 206 valence electrons. The number of nitrogens with one attached hydrogen (secondary N) is 1. The zero-order valence-electron chi connectivity index (χ0n) is 23.3. The second kappa shape index (κ2) is 13.3. The van der Waals surface area contributed by atoms with Crippen LogP contribution in [-0.2, 0) is 6.42 Å². The molecule has 1 aromatic rings. The van der Waals surface area contributed by atoms with Crippen LogP contribution in [0.3, 0.4) is 0 Å². The number of benzene rings is 1. The molecule has 5 rings (SSSR count). The Bertz CT molecular complexity index is 1060. The lowest BCUT2D eigenvalue weighted by molar-refractivity contribution is 0.400. The maximum absolute atomic E-state index is 6.41. The summed E-state index contributed by atoms with van der Waals surface area (Å²) in [5.74, 6) is 1.49. The Morgan fingerprint density at radius 1 is 1.13 bits per heavy atom. The Hall–Kier alpha value is -2.11. The van der Waals surface area contributed by atoms with E-state index in [2.05, 4.69) is 71.4 Å². The van der Waals surface area contributed by atoms with Gasteiger partial charge in [0, 0.05) is 41.0 Å². The summed E-state index contributed by atoms with van der Waals surface area (Å²) >= 11 is 2.19. The Labute approximate surface area is 235 Å². The van der Waals surface area contributed by atoms with E-state index in [1.807, 2.05) is 6.08 Å². The van der Waals surface area contributed by atoms with E-state index in [9.17, 15) is 0 Å². The van der Waals surface area contributed by atoms with Crippen molar-refractivity contribution in [2.75, 3.05) is 16.8 Å². The van der Waals surface area contributed by atoms with Gasteiger partial charge in [-0.15, -0.1) is 11.8 Å². The molecule has 1 fully saturated rings. The first kappa shape index (κ1) is 27.5. The van der Waals surface area contributed by atoms with Crippen LogP contribution in [0.15, 0.2) is 65.4 Å². The highest BCUT2D eigenvalue weighted by atomic mass is 32.2. The van der Waals surface area contributed by atoms with Crippen LogP contribution in [0.5, 0.6) is 0 Å². The fourth-order valence-electron chi connectivity index (χ4n) is 6.87. The van der Waals surface area contributed by atoms with Gasteiger partial charge in [0.15, 0.2) is 0 Å². The van der Waals surface area contributed by atoms with Crippen LogP contribution in [0.2, 0.25) is 0 Å². The molecule has 0 radical (unpaired) electrons. The third kappa shape index (κ3) is 6.54. The second-order valence-electron chi connectivity index (χ2n) is 11.7. The summed E-state index contributed by atoms with van der Waals surface area (Å²) in [7, 11) is 0. The predicted octanol–water partition coefficient (Wildman–Crippen LogP) is 7.64. The number of fused-ring (bicyclic) bond motifs is 4. The van der Waals surface area contributed by atoms with Crippen molar-refractivity contribution in [3.8, 4) is 0 Å². The van der Waals surface area contributed by atoms with Crippen molar-refractivity contribution >= 4 is 23.1 Å². The first-order valence-corrected chi connectivity index (χ1v) is 16.1. The Morgan fingerprint density at radius 2 is 2.05 bits per heavy atom. The number of unbranched alkanes of at least 4 members (excludes halogenated alkanes) is 1. The third-order valence-corrected chi connectivity index (χ3v) is 10.6. The van der Waals surface area contributed by atoms with Crippen molar-refractivity contribution in [1.82, 2.24) is 0 Å². The maximum atomic E-state index is 6.41. The van der Waals surface area contributed by atoms with Crippen molar-refractivity contribution in [2.45, 2.75) is 101 Å².